The number of fused-ring (bicyclic) bond motifs is 3. The Morgan fingerprint density at radius 3 is 2.52 bits per heavy atom. The zero-order valence-electron chi connectivity index (χ0n) is 18.1. The molecule has 0 amide bonds. The third kappa shape index (κ3) is 3.71. The molecule has 6 heteroatoms. The van der Waals surface area contributed by atoms with Gasteiger partial charge in [0.2, 0.25) is 10.0 Å². The Hall–Kier alpha value is -2.15. The van der Waals surface area contributed by atoms with Crippen LogP contribution in [-0.4, -0.2) is 39.0 Å². The minimum absolute atomic E-state index is 0.164. The van der Waals surface area contributed by atoms with Crippen LogP contribution >= 0.6 is 0 Å². The first-order valence-corrected chi connectivity index (χ1v) is 12.6. The predicted molar refractivity (Wildman–Crippen MR) is 123 cm³/mol. The van der Waals surface area contributed by atoms with Crippen molar-refractivity contribution in [1.29, 1.82) is 0 Å². The van der Waals surface area contributed by atoms with Crippen molar-refractivity contribution in [2.24, 2.45) is 5.92 Å². The largest absolute Gasteiger partial charge is 0.379 e. The van der Waals surface area contributed by atoms with Gasteiger partial charge in [-0.3, -0.25) is 0 Å². The second-order valence-corrected chi connectivity index (χ2v) is 11.0. The van der Waals surface area contributed by atoms with Gasteiger partial charge in [-0.2, -0.15) is 4.31 Å². The quantitative estimate of drug-likeness (QED) is 0.706. The van der Waals surface area contributed by atoms with Crippen molar-refractivity contribution in [3.05, 3.63) is 71.3 Å². The first-order chi connectivity index (χ1) is 14.9. The summed E-state index contributed by atoms with van der Waals surface area (Å²) in [5, 5.41) is 3.76. The second-order valence-electron chi connectivity index (χ2n) is 9.06. The second kappa shape index (κ2) is 8.08. The number of nitrogens with one attached hydrogen (secondary N) is 1. The summed E-state index contributed by atoms with van der Waals surface area (Å²) in [7, 11) is -3.47. The van der Waals surface area contributed by atoms with E-state index in [4.69, 9.17) is 4.74 Å². The number of benzene rings is 2. The molecule has 2 aromatic carbocycles. The lowest BCUT2D eigenvalue weighted by Gasteiger charge is -2.38. The third-order valence-corrected chi connectivity index (χ3v) is 8.81. The predicted octanol–water partition coefficient (Wildman–Crippen LogP) is 4.66. The van der Waals surface area contributed by atoms with E-state index >= 15 is 0 Å². The van der Waals surface area contributed by atoms with Gasteiger partial charge < -0.3 is 10.1 Å². The molecule has 3 atom stereocenters. The van der Waals surface area contributed by atoms with Crippen molar-refractivity contribution in [3.8, 4) is 0 Å². The molecular formula is C25H30N2O3S. The van der Waals surface area contributed by atoms with Crippen LogP contribution in [0.2, 0.25) is 0 Å². The minimum atomic E-state index is -3.47. The van der Waals surface area contributed by atoms with Crippen LogP contribution in [0.5, 0.6) is 0 Å². The van der Waals surface area contributed by atoms with E-state index in [0.717, 1.165) is 12.0 Å². The number of morpholine rings is 1. The van der Waals surface area contributed by atoms with Gasteiger partial charge in [0.1, 0.15) is 0 Å². The molecule has 3 aliphatic rings. The van der Waals surface area contributed by atoms with Gasteiger partial charge in [-0.1, -0.05) is 50.3 Å². The Kier molecular flexibility index (Phi) is 5.40. The zero-order chi connectivity index (χ0) is 21.6. The maximum atomic E-state index is 13.0. The van der Waals surface area contributed by atoms with Crippen LogP contribution in [0.15, 0.2) is 59.5 Å². The zero-order valence-corrected chi connectivity index (χ0v) is 18.9. The molecule has 5 rings (SSSR count). The molecule has 0 radical (unpaired) electrons. The lowest BCUT2D eigenvalue weighted by atomic mass is 9.76. The minimum Gasteiger partial charge on any atom is -0.379 e. The summed E-state index contributed by atoms with van der Waals surface area (Å²) in [5.41, 5.74) is 5.08. The summed E-state index contributed by atoms with van der Waals surface area (Å²) in [5.74, 6) is 1.35. The van der Waals surface area contributed by atoms with E-state index < -0.39 is 10.0 Å². The van der Waals surface area contributed by atoms with Gasteiger partial charge in [0, 0.05) is 24.7 Å². The standard InChI is InChI=1S/C25H30N2O3S/c1-17(2)19-8-11-24-23(16-19)21-4-3-5-22(21)25(26-24)18-6-9-20(10-7-18)31(28,29)27-12-14-30-15-13-27/h3-4,6-11,16-17,21-22,25-26H,5,12-15H2,1-2H3/t21-,22+,25+/m1/s1. The molecule has 0 bridgehead atoms. The lowest BCUT2D eigenvalue weighted by Crippen LogP contribution is -2.40. The van der Waals surface area contributed by atoms with Crippen LogP contribution in [0.1, 0.15) is 54.8 Å². The van der Waals surface area contributed by atoms with Crippen molar-refractivity contribution >= 4 is 15.7 Å². The van der Waals surface area contributed by atoms with Crippen molar-refractivity contribution in [2.45, 2.75) is 43.0 Å². The number of hydrogen-bond acceptors (Lipinski definition) is 4. The number of rotatable bonds is 4. The molecule has 0 aromatic heterocycles. The van der Waals surface area contributed by atoms with E-state index in [1.807, 2.05) is 12.1 Å². The van der Waals surface area contributed by atoms with E-state index in [1.165, 1.54) is 21.1 Å². The maximum absolute atomic E-state index is 13.0. The van der Waals surface area contributed by atoms with E-state index in [1.54, 1.807) is 12.1 Å². The van der Waals surface area contributed by atoms with Crippen molar-refractivity contribution in [3.63, 3.8) is 0 Å². The fourth-order valence-corrected chi connectivity index (χ4v) is 6.49. The van der Waals surface area contributed by atoms with E-state index in [2.05, 4.69) is 49.5 Å². The summed E-state index contributed by atoms with van der Waals surface area (Å²) in [6.45, 7) is 6.21. The molecule has 1 saturated heterocycles. The molecule has 1 fully saturated rings. The molecule has 1 N–H and O–H groups in total. The molecule has 5 nitrogen and oxygen atoms in total. The van der Waals surface area contributed by atoms with Gasteiger partial charge in [-0.05, 0) is 53.1 Å². The summed E-state index contributed by atoms with van der Waals surface area (Å²) in [4.78, 5) is 0.358. The van der Waals surface area contributed by atoms with Gasteiger partial charge in [0.15, 0.2) is 0 Å². The van der Waals surface area contributed by atoms with Crippen molar-refractivity contribution in [2.75, 3.05) is 31.6 Å². The van der Waals surface area contributed by atoms with E-state index in [-0.39, 0.29) is 6.04 Å². The number of hydrogen-bond donors (Lipinski definition) is 1. The monoisotopic (exact) mass is 438 g/mol. The molecular weight excluding hydrogens is 408 g/mol. The SMILES string of the molecule is CC(C)c1ccc2c(c1)[C@@H]1C=CC[C@@H]1[C@H](c1ccc(S(=O)(=O)N3CCOCC3)cc1)N2. The van der Waals surface area contributed by atoms with Gasteiger partial charge >= 0.3 is 0 Å². The molecule has 2 aliphatic heterocycles. The Balaban J connectivity index is 1.43. The van der Waals surface area contributed by atoms with Crippen LogP contribution in [-0.2, 0) is 14.8 Å². The lowest BCUT2D eigenvalue weighted by molar-refractivity contribution is 0.0730. The molecule has 2 aromatic rings. The fourth-order valence-electron chi connectivity index (χ4n) is 5.09. The van der Waals surface area contributed by atoms with Crippen molar-refractivity contribution < 1.29 is 13.2 Å². The Bertz CT molecular complexity index is 1090. The summed E-state index contributed by atoms with van der Waals surface area (Å²) < 4.78 is 32.7. The van der Waals surface area contributed by atoms with Crippen LogP contribution in [0, 0.1) is 5.92 Å². The smallest absolute Gasteiger partial charge is 0.243 e. The summed E-state index contributed by atoms with van der Waals surface area (Å²) >= 11 is 0. The number of allylic oxidation sites excluding steroid dienone is 2. The topological polar surface area (TPSA) is 58.6 Å². The summed E-state index contributed by atoms with van der Waals surface area (Å²) in [6.07, 6.45) is 5.67. The molecule has 31 heavy (non-hydrogen) atoms. The molecule has 0 spiro atoms. The first-order valence-electron chi connectivity index (χ1n) is 11.2. The van der Waals surface area contributed by atoms with Gasteiger partial charge in [-0.15, -0.1) is 0 Å². The highest BCUT2D eigenvalue weighted by molar-refractivity contribution is 7.89. The Labute approximate surface area is 185 Å². The molecule has 164 valence electrons. The molecule has 0 saturated carbocycles. The highest BCUT2D eigenvalue weighted by Crippen LogP contribution is 2.50. The number of ether oxygens (including phenoxy) is 1. The average molecular weight is 439 g/mol. The molecule has 2 heterocycles. The average Bonchev–Trinajstić information content (AvgIpc) is 3.29. The van der Waals surface area contributed by atoms with E-state index in [9.17, 15) is 8.42 Å². The van der Waals surface area contributed by atoms with Gasteiger partial charge in [-0.25, -0.2) is 8.42 Å². The van der Waals surface area contributed by atoms with Crippen LogP contribution in [0.3, 0.4) is 0 Å². The Morgan fingerprint density at radius 2 is 1.81 bits per heavy atom. The maximum Gasteiger partial charge on any atom is 0.243 e. The van der Waals surface area contributed by atoms with Crippen LogP contribution in [0.4, 0.5) is 5.69 Å². The Morgan fingerprint density at radius 1 is 1.06 bits per heavy atom. The van der Waals surface area contributed by atoms with Crippen LogP contribution < -0.4 is 5.32 Å². The van der Waals surface area contributed by atoms with Gasteiger partial charge in [0.05, 0.1) is 24.2 Å². The van der Waals surface area contributed by atoms with Crippen molar-refractivity contribution in [1.82, 2.24) is 4.31 Å². The summed E-state index contributed by atoms with van der Waals surface area (Å²) in [6, 6.07) is 14.4. The molecule has 1 aliphatic carbocycles. The third-order valence-electron chi connectivity index (χ3n) is 6.90. The normalized spacial score (nSPS) is 25.8. The van der Waals surface area contributed by atoms with Gasteiger partial charge in [0.25, 0.3) is 0 Å². The highest BCUT2D eigenvalue weighted by atomic mass is 32.2. The first kappa shape index (κ1) is 20.7. The van der Waals surface area contributed by atoms with Crippen LogP contribution in [0.25, 0.3) is 0 Å². The highest BCUT2D eigenvalue weighted by Gasteiger charge is 2.38. The molecule has 0 unspecified atom stereocenters. The van der Waals surface area contributed by atoms with E-state index in [0.29, 0.717) is 49.0 Å². The number of anilines is 1. The number of nitrogens with zero attached hydrogens (tertiary/aromatic N) is 1. The fraction of sp³-hybridized carbons (Fsp3) is 0.440. The number of sulfonamides is 1.